The van der Waals surface area contributed by atoms with E-state index in [1.165, 1.54) is 0 Å². The summed E-state index contributed by atoms with van der Waals surface area (Å²) in [7, 11) is 0. The van der Waals surface area contributed by atoms with Crippen LogP contribution in [0.1, 0.15) is 31.7 Å². The van der Waals surface area contributed by atoms with Crippen molar-refractivity contribution in [3.8, 4) is 0 Å². The highest BCUT2D eigenvalue weighted by atomic mass is 16.7. The standard InChI is InChI=1S/C18H22O5/c1-2-20-17(19)16-11-15(12-18(23-16)9-6-10-22-18)21-13-14-7-4-3-5-8-14/h3-5,7-8,11,15H,2,6,9-10,12-13H2,1H3/t15-,18+/m1/s1. The molecule has 1 aromatic rings. The minimum atomic E-state index is -0.752. The van der Waals surface area contributed by atoms with Gasteiger partial charge in [0.25, 0.3) is 0 Å². The minimum absolute atomic E-state index is 0.193. The van der Waals surface area contributed by atoms with Gasteiger partial charge in [-0.2, -0.15) is 0 Å². The van der Waals surface area contributed by atoms with Crippen LogP contribution in [0.5, 0.6) is 0 Å². The maximum Gasteiger partial charge on any atom is 0.373 e. The van der Waals surface area contributed by atoms with E-state index < -0.39 is 11.8 Å². The number of carbonyl (C=O) groups is 1. The van der Waals surface area contributed by atoms with E-state index >= 15 is 0 Å². The van der Waals surface area contributed by atoms with Crippen molar-refractivity contribution in [3.05, 3.63) is 47.7 Å². The average molecular weight is 318 g/mol. The molecule has 0 aromatic heterocycles. The molecule has 5 heteroatoms. The van der Waals surface area contributed by atoms with E-state index in [9.17, 15) is 4.79 Å². The van der Waals surface area contributed by atoms with Gasteiger partial charge in [-0.1, -0.05) is 30.3 Å². The molecule has 2 atom stereocenters. The number of esters is 1. The first kappa shape index (κ1) is 16.0. The van der Waals surface area contributed by atoms with Crippen molar-refractivity contribution in [3.63, 3.8) is 0 Å². The fourth-order valence-electron chi connectivity index (χ4n) is 2.92. The van der Waals surface area contributed by atoms with Crippen molar-refractivity contribution < 1.29 is 23.7 Å². The molecule has 0 aliphatic carbocycles. The summed E-state index contributed by atoms with van der Waals surface area (Å²) in [4.78, 5) is 12.0. The first-order valence-electron chi connectivity index (χ1n) is 8.08. The molecule has 0 unspecified atom stereocenters. The third-order valence-corrected chi connectivity index (χ3v) is 4.00. The average Bonchev–Trinajstić information content (AvgIpc) is 3.01. The van der Waals surface area contributed by atoms with Crippen LogP contribution in [-0.4, -0.2) is 31.1 Å². The lowest BCUT2D eigenvalue weighted by atomic mass is 10.0. The topological polar surface area (TPSA) is 54.0 Å². The molecule has 3 rings (SSSR count). The van der Waals surface area contributed by atoms with Crippen molar-refractivity contribution in [2.75, 3.05) is 13.2 Å². The summed E-state index contributed by atoms with van der Waals surface area (Å²) in [6.45, 7) is 3.20. The van der Waals surface area contributed by atoms with Gasteiger partial charge >= 0.3 is 5.97 Å². The monoisotopic (exact) mass is 318 g/mol. The van der Waals surface area contributed by atoms with Crippen molar-refractivity contribution >= 4 is 5.97 Å². The lowest BCUT2D eigenvalue weighted by Crippen LogP contribution is -2.41. The Morgan fingerprint density at radius 3 is 2.87 bits per heavy atom. The Morgan fingerprint density at radius 2 is 2.17 bits per heavy atom. The quantitative estimate of drug-likeness (QED) is 0.781. The predicted molar refractivity (Wildman–Crippen MR) is 83.4 cm³/mol. The smallest absolute Gasteiger partial charge is 0.373 e. The molecule has 1 aromatic carbocycles. The molecule has 0 saturated carbocycles. The Morgan fingerprint density at radius 1 is 1.35 bits per heavy atom. The minimum Gasteiger partial charge on any atom is -0.460 e. The summed E-state index contributed by atoms with van der Waals surface area (Å²) in [5.74, 6) is -1.02. The van der Waals surface area contributed by atoms with Crippen LogP contribution < -0.4 is 0 Å². The van der Waals surface area contributed by atoms with Gasteiger partial charge in [0.05, 0.1) is 25.9 Å². The highest BCUT2D eigenvalue weighted by Crippen LogP contribution is 2.38. The maximum atomic E-state index is 12.0. The van der Waals surface area contributed by atoms with E-state index in [0.29, 0.717) is 26.2 Å². The summed E-state index contributed by atoms with van der Waals surface area (Å²) in [5, 5.41) is 0. The zero-order valence-corrected chi connectivity index (χ0v) is 13.3. The lowest BCUT2D eigenvalue weighted by Gasteiger charge is -2.36. The Balaban J connectivity index is 1.71. The molecule has 2 aliphatic rings. The molecule has 1 saturated heterocycles. The number of rotatable bonds is 5. The van der Waals surface area contributed by atoms with Crippen molar-refractivity contribution in [2.24, 2.45) is 0 Å². The molecule has 0 amide bonds. The van der Waals surface area contributed by atoms with Gasteiger partial charge in [-0.05, 0) is 25.0 Å². The van der Waals surface area contributed by atoms with Crippen LogP contribution in [0.3, 0.4) is 0 Å². The molecule has 1 fully saturated rings. The second kappa shape index (κ2) is 7.15. The zero-order valence-electron chi connectivity index (χ0n) is 13.3. The van der Waals surface area contributed by atoms with Crippen LogP contribution in [-0.2, 0) is 30.3 Å². The normalized spacial score (nSPS) is 26.7. The van der Waals surface area contributed by atoms with E-state index in [-0.39, 0.29) is 11.9 Å². The van der Waals surface area contributed by atoms with Crippen molar-refractivity contribution in [2.45, 2.75) is 44.7 Å². The first-order valence-corrected chi connectivity index (χ1v) is 8.08. The van der Waals surface area contributed by atoms with Crippen LogP contribution >= 0.6 is 0 Å². The van der Waals surface area contributed by atoms with Gasteiger partial charge in [0.15, 0.2) is 0 Å². The molecule has 0 bridgehead atoms. The van der Waals surface area contributed by atoms with Gasteiger partial charge in [-0.25, -0.2) is 4.79 Å². The molecule has 2 aliphatic heterocycles. The van der Waals surface area contributed by atoms with Gasteiger partial charge in [-0.3, -0.25) is 0 Å². The molecular weight excluding hydrogens is 296 g/mol. The van der Waals surface area contributed by atoms with Crippen molar-refractivity contribution in [1.29, 1.82) is 0 Å². The van der Waals surface area contributed by atoms with Gasteiger partial charge in [0.2, 0.25) is 11.5 Å². The van der Waals surface area contributed by atoms with E-state index in [4.69, 9.17) is 18.9 Å². The number of hydrogen-bond donors (Lipinski definition) is 0. The SMILES string of the molecule is CCOC(=O)C1=C[C@@H](OCc2ccccc2)C[C@]2(CCCO2)O1. The Kier molecular flexibility index (Phi) is 4.98. The number of hydrogen-bond acceptors (Lipinski definition) is 5. The molecule has 5 nitrogen and oxygen atoms in total. The van der Waals surface area contributed by atoms with E-state index in [2.05, 4.69) is 0 Å². The van der Waals surface area contributed by atoms with E-state index in [1.807, 2.05) is 30.3 Å². The van der Waals surface area contributed by atoms with Gasteiger partial charge < -0.3 is 18.9 Å². The van der Waals surface area contributed by atoms with Crippen molar-refractivity contribution in [1.82, 2.24) is 0 Å². The van der Waals surface area contributed by atoms with E-state index in [1.54, 1.807) is 13.0 Å². The Hall–Kier alpha value is -1.85. The Labute approximate surface area is 136 Å². The molecule has 0 N–H and O–H groups in total. The highest BCUT2D eigenvalue weighted by Gasteiger charge is 2.44. The summed E-state index contributed by atoms with van der Waals surface area (Å²) >= 11 is 0. The third-order valence-electron chi connectivity index (χ3n) is 4.00. The van der Waals surface area contributed by atoms with Crippen LogP contribution in [0.4, 0.5) is 0 Å². The summed E-state index contributed by atoms with van der Waals surface area (Å²) in [6.07, 6.45) is 3.73. The molecule has 1 spiro atoms. The molecule has 23 heavy (non-hydrogen) atoms. The van der Waals surface area contributed by atoms with Crippen LogP contribution in [0.2, 0.25) is 0 Å². The second-order valence-corrected chi connectivity index (χ2v) is 5.76. The third kappa shape index (κ3) is 3.92. The maximum absolute atomic E-state index is 12.0. The van der Waals surface area contributed by atoms with E-state index in [0.717, 1.165) is 18.4 Å². The second-order valence-electron chi connectivity index (χ2n) is 5.76. The lowest BCUT2D eigenvalue weighted by molar-refractivity contribution is -0.218. The summed E-state index contributed by atoms with van der Waals surface area (Å²) < 4.78 is 22.6. The Bertz CT molecular complexity index is 560. The number of carbonyl (C=O) groups excluding carboxylic acids is 1. The van der Waals surface area contributed by atoms with Crippen LogP contribution in [0.15, 0.2) is 42.2 Å². The molecule has 0 radical (unpaired) electrons. The fourth-order valence-corrected chi connectivity index (χ4v) is 2.92. The van der Waals surface area contributed by atoms with Gasteiger partial charge in [-0.15, -0.1) is 0 Å². The first-order chi connectivity index (χ1) is 11.2. The predicted octanol–water partition coefficient (Wildman–Crippen LogP) is 2.95. The summed E-state index contributed by atoms with van der Waals surface area (Å²) in [5.41, 5.74) is 1.09. The zero-order chi connectivity index (χ0) is 16.1. The molecular formula is C18H22O5. The summed E-state index contributed by atoms with van der Waals surface area (Å²) in [6, 6.07) is 9.95. The van der Waals surface area contributed by atoms with Gasteiger partial charge in [0.1, 0.15) is 0 Å². The van der Waals surface area contributed by atoms with Crippen LogP contribution in [0, 0.1) is 0 Å². The molecule has 2 heterocycles. The van der Waals surface area contributed by atoms with Gasteiger partial charge in [0, 0.05) is 12.8 Å². The number of ether oxygens (including phenoxy) is 4. The fraction of sp³-hybridized carbons (Fsp3) is 0.500. The van der Waals surface area contributed by atoms with Crippen LogP contribution in [0.25, 0.3) is 0 Å². The number of benzene rings is 1. The molecule has 124 valence electrons. The highest BCUT2D eigenvalue weighted by molar-refractivity contribution is 5.86. The largest absolute Gasteiger partial charge is 0.460 e.